The summed E-state index contributed by atoms with van der Waals surface area (Å²) in [6.45, 7) is 5.81. The molecule has 0 saturated heterocycles. The average Bonchev–Trinajstić information content (AvgIpc) is 3.14. The molecule has 3 N–H and O–H groups in total. The van der Waals surface area contributed by atoms with Crippen molar-refractivity contribution in [3.63, 3.8) is 0 Å². The first-order chi connectivity index (χ1) is 16.7. The van der Waals surface area contributed by atoms with E-state index >= 15 is 0 Å². The molecule has 0 atom stereocenters. The van der Waals surface area contributed by atoms with Crippen LogP contribution in [0.3, 0.4) is 0 Å². The molecule has 1 aliphatic rings. The normalized spacial score (nSPS) is 12.3. The highest BCUT2D eigenvalue weighted by molar-refractivity contribution is 6.04. The third-order valence-electron chi connectivity index (χ3n) is 5.65. The maximum Gasteiger partial charge on any atom is 0.413 e. The molecule has 180 valence electrons. The number of fused-ring (bicyclic) bond motifs is 3. The number of amides is 2. The molecule has 3 aromatic rings. The average molecular weight is 472 g/mol. The third kappa shape index (κ3) is 5.87. The zero-order valence-corrected chi connectivity index (χ0v) is 20.1. The first-order valence-electron chi connectivity index (χ1n) is 11.5. The summed E-state index contributed by atoms with van der Waals surface area (Å²) in [5.74, 6) is -0.0498. The Labute approximate surface area is 205 Å². The largest absolute Gasteiger partial charge is 0.449 e. The van der Waals surface area contributed by atoms with E-state index < -0.39 is 17.8 Å². The molecule has 7 nitrogen and oxygen atoms in total. The summed E-state index contributed by atoms with van der Waals surface area (Å²) in [6, 6.07) is 23.4. The van der Waals surface area contributed by atoms with Crippen LogP contribution in [0.15, 0.2) is 72.8 Å². The van der Waals surface area contributed by atoms with Crippen molar-refractivity contribution in [1.82, 2.24) is 10.6 Å². The minimum absolute atomic E-state index is 0.0101. The molecule has 0 bridgehead atoms. The van der Waals surface area contributed by atoms with E-state index in [4.69, 9.17) is 14.9 Å². The summed E-state index contributed by atoms with van der Waals surface area (Å²) in [7, 11) is 0. The quantitative estimate of drug-likeness (QED) is 0.334. The number of nitrogens with one attached hydrogen (secondary N) is 3. The molecule has 0 radical (unpaired) electrons. The van der Waals surface area contributed by atoms with Gasteiger partial charge in [-0.05, 0) is 48.6 Å². The lowest BCUT2D eigenvalue weighted by molar-refractivity contribution is 0.0563. The van der Waals surface area contributed by atoms with Gasteiger partial charge >= 0.3 is 12.2 Å². The Morgan fingerprint density at radius 3 is 2.00 bits per heavy atom. The Hall–Kier alpha value is -4.13. The van der Waals surface area contributed by atoms with Crippen molar-refractivity contribution in [2.24, 2.45) is 0 Å². The smallest absolute Gasteiger partial charge is 0.413 e. The fraction of sp³-hybridized carbons (Fsp3) is 0.250. The molecule has 0 saturated carbocycles. The van der Waals surface area contributed by atoms with Crippen molar-refractivity contribution >= 4 is 18.0 Å². The molecule has 3 aromatic carbocycles. The first-order valence-corrected chi connectivity index (χ1v) is 11.5. The molecule has 0 unspecified atom stereocenters. The van der Waals surface area contributed by atoms with Crippen LogP contribution in [-0.4, -0.2) is 30.2 Å². The predicted molar refractivity (Wildman–Crippen MR) is 135 cm³/mol. The molecule has 2 amide bonds. The van der Waals surface area contributed by atoms with Gasteiger partial charge in [-0.3, -0.25) is 10.7 Å². The van der Waals surface area contributed by atoms with Crippen LogP contribution in [0, 0.1) is 5.41 Å². The highest BCUT2D eigenvalue weighted by Crippen LogP contribution is 2.44. The lowest BCUT2D eigenvalue weighted by Crippen LogP contribution is -2.36. The number of ether oxygens (including phenoxy) is 2. The van der Waals surface area contributed by atoms with Gasteiger partial charge in [0.25, 0.3) is 0 Å². The summed E-state index contributed by atoms with van der Waals surface area (Å²) in [4.78, 5) is 24.2. The van der Waals surface area contributed by atoms with Gasteiger partial charge in [0.2, 0.25) is 0 Å². The van der Waals surface area contributed by atoms with Gasteiger partial charge in [-0.25, -0.2) is 9.59 Å². The highest BCUT2D eigenvalue weighted by atomic mass is 16.6. The van der Waals surface area contributed by atoms with Crippen LogP contribution in [0.2, 0.25) is 0 Å². The monoisotopic (exact) mass is 471 g/mol. The topological polar surface area (TPSA) is 101 Å². The van der Waals surface area contributed by atoms with Crippen molar-refractivity contribution in [2.45, 2.75) is 38.8 Å². The molecule has 1 aliphatic carbocycles. The fourth-order valence-corrected chi connectivity index (χ4v) is 4.09. The molecule has 0 spiro atoms. The van der Waals surface area contributed by atoms with Crippen LogP contribution in [0.4, 0.5) is 9.59 Å². The van der Waals surface area contributed by atoms with Gasteiger partial charge in [0.15, 0.2) is 0 Å². The van der Waals surface area contributed by atoms with Crippen LogP contribution >= 0.6 is 0 Å². The summed E-state index contributed by atoms with van der Waals surface area (Å²) >= 11 is 0. The summed E-state index contributed by atoms with van der Waals surface area (Å²) in [5, 5.41) is 13.2. The molecule has 0 aliphatic heterocycles. The van der Waals surface area contributed by atoms with E-state index in [0.717, 1.165) is 5.56 Å². The Balaban J connectivity index is 1.28. The van der Waals surface area contributed by atoms with E-state index in [9.17, 15) is 9.59 Å². The number of amidine groups is 1. The number of rotatable bonds is 5. The third-order valence-corrected chi connectivity index (χ3v) is 5.65. The molecule has 0 fully saturated rings. The van der Waals surface area contributed by atoms with E-state index in [0.29, 0.717) is 5.56 Å². The van der Waals surface area contributed by atoms with Gasteiger partial charge in [-0.2, -0.15) is 0 Å². The molecule has 7 heteroatoms. The highest BCUT2D eigenvalue weighted by Gasteiger charge is 2.29. The van der Waals surface area contributed by atoms with Crippen molar-refractivity contribution in [3.8, 4) is 11.1 Å². The minimum atomic E-state index is -0.677. The van der Waals surface area contributed by atoms with E-state index in [-0.39, 0.29) is 24.9 Å². The molecular weight excluding hydrogens is 442 g/mol. The van der Waals surface area contributed by atoms with Gasteiger partial charge in [0, 0.05) is 18.0 Å². The summed E-state index contributed by atoms with van der Waals surface area (Å²) in [5.41, 5.74) is 5.43. The fourth-order valence-electron chi connectivity index (χ4n) is 4.09. The van der Waals surface area contributed by atoms with E-state index in [1.165, 1.54) is 22.3 Å². The first kappa shape index (κ1) is 24.0. The van der Waals surface area contributed by atoms with E-state index in [1.807, 2.05) is 24.3 Å². The number of hydrogen-bond acceptors (Lipinski definition) is 5. The van der Waals surface area contributed by atoms with E-state index in [2.05, 4.69) is 34.9 Å². The standard InChI is InChI=1S/C28H29N3O4/c1-28(2,3)35-27(33)31-25(29)19-14-12-18(13-15-19)16-30-26(32)34-17-24-22-10-6-4-8-20(22)21-9-5-7-11-23(21)24/h4-15,24H,16-17H2,1-3H3,(H,30,32)(H2,29,31,33). The van der Waals surface area contributed by atoms with Crippen LogP contribution < -0.4 is 10.6 Å². The Morgan fingerprint density at radius 1 is 0.857 bits per heavy atom. The SMILES string of the molecule is CC(C)(C)OC(=O)NC(=N)c1ccc(CNC(=O)OCC2c3ccccc3-c3ccccc32)cc1. The van der Waals surface area contributed by atoms with Gasteiger partial charge in [-0.15, -0.1) is 0 Å². The number of benzene rings is 3. The lowest BCUT2D eigenvalue weighted by Gasteiger charge is -2.19. The maximum atomic E-state index is 12.4. The maximum absolute atomic E-state index is 12.4. The van der Waals surface area contributed by atoms with Crippen molar-refractivity contribution < 1.29 is 19.1 Å². The van der Waals surface area contributed by atoms with Crippen LogP contribution in [0.5, 0.6) is 0 Å². The number of carbonyl (C=O) groups excluding carboxylic acids is 2. The Morgan fingerprint density at radius 2 is 1.43 bits per heavy atom. The summed E-state index contributed by atoms with van der Waals surface area (Å²) in [6.07, 6.45) is -1.17. The van der Waals surface area contributed by atoms with Crippen LogP contribution in [-0.2, 0) is 16.0 Å². The van der Waals surface area contributed by atoms with Crippen molar-refractivity contribution in [3.05, 3.63) is 95.1 Å². The second-order valence-electron chi connectivity index (χ2n) is 9.38. The van der Waals surface area contributed by atoms with Gasteiger partial charge in [0.05, 0.1) is 0 Å². The molecular formula is C28H29N3O4. The second kappa shape index (κ2) is 10.0. The number of hydrogen-bond donors (Lipinski definition) is 3. The minimum Gasteiger partial charge on any atom is -0.449 e. The second-order valence-corrected chi connectivity index (χ2v) is 9.38. The molecule has 0 aromatic heterocycles. The molecule has 4 rings (SSSR count). The zero-order chi connectivity index (χ0) is 25.0. The zero-order valence-electron chi connectivity index (χ0n) is 20.1. The van der Waals surface area contributed by atoms with E-state index in [1.54, 1.807) is 45.0 Å². The predicted octanol–water partition coefficient (Wildman–Crippen LogP) is 5.58. The van der Waals surface area contributed by atoms with Crippen LogP contribution in [0.25, 0.3) is 11.1 Å². The van der Waals surface area contributed by atoms with Crippen molar-refractivity contribution in [2.75, 3.05) is 6.61 Å². The number of alkyl carbamates (subject to hydrolysis) is 2. The van der Waals surface area contributed by atoms with Gasteiger partial charge in [0.1, 0.15) is 18.0 Å². The molecule has 0 heterocycles. The Kier molecular flexibility index (Phi) is 6.87. The lowest BCUT2D eigenvalue weighted by atomic mass is 9.98. The van der Waals surface area contributed by atoms with Gasteiger partial charge < -0.3 is 14.8 Å². The summed E-state index contributed by atoms with van der Waals surface area (Å²) < 4.78 is 10.7. The van der Waals surface area contributed by atoms with Gasteiger partial charge in [-0.1, -0.05) is 72.8 Å². The Bertz CT molecular complexity index is 1200. The molecule has 35 heavy (non-hydrogen) atoms. The van der Waals surface area contributed by atoms with Crippen molar-refractivity contribution in [1.29, 1.82) is 5.41 Å². The van der Waals surface area contributed by atoms with Crippen LogP contribution in [0.1, 0.15) is 48.9 Å². The number of carbonyl (C=O) groups is 2.